The van der Waals surface area contributed by atoms with E-state index in [1.807, 2.05) is 5.38 Å². The number of carboxylic acid groups (broad SMARTS) is 1. The van der Waals surface area contributed by atoms with Gasteiger partial charge >= 0.3 is 11.9 Å². The number of hydrogen-bond acceptors (Lipinski definition) is 5. The molecule has 0 saturated heterocycles. The first-order valence-corrected chi connectivity index (χ1v) is 6.61. The molecule has 1 rings (SSSR count). The quantitative estimate of drug-likeness (QED) is 0.765. The summed E-state index contributed by atoms with van der Waals surface area (Å²) in [6.07, 6.45) is 0.193. The van der Waals surface area contributed by atoms with E-state index in [-0.39, 0.29) is 12.4 Å². The highest BCUT2D eigenvalue weighted by molar-refractivity contribution is 7.08. The van der Waals surface area contributed by atoms with Gasteiger partial charge in [-0.3, -0.25) is 14.5 Å². The lowest BCUT2D eigenvalue weighted by Gasteiger charge is -2.23. The van der Waals surface area contributed by atoms with Crippen molar-refractivity contribution in [2.45, 2.75) is 19.4 Å². The third-order valence-corrected chi connectivity index (χ3v) is 3.21. The molecule has 1 unspecified atom stereocenters. The summed E-state index contributed by atoms with van der Waals surface area (Å²) >= 11 is 1.45. The number of aliphatic carboxylic acids is 1. The van der Waals surface area contributed by atoms with Crippen LogP contribution in [0.4, 0.5) is 0 Å². The summed E-state index contributed by atoms with van der Waals surface area (Å²) in [6.45, 7) is 2.44. The second-order valence-corrected chi connectivity index (χ2v) is 4.61. The molecule has 0 spiro atoms. The summed E-state index contributed by atoms with van der Waals surface area (Å²) in [5, 5.41) is 12.9. The number of rotatable bonds is 7. The topological polar surface area (TPSA) is 66.8 Å². The Morgan fingerprint density at radius 2 is 2.28 bits per heavy atom. The Hall–Kier alpha value is -1.40. The van der Waals surface area contributed by atoms with Crippen LogP contribution in [0, 0.1) is 0 Å². The number of carbonyl (C=O) groups excluding carboxylic acids is 1. The van der Waals surface area contributed by atoms with Crippen molar-refractivity contribution >= 4 is 23.3 Å². The normalized spacial score (nSPS) is 12.4. The van der Waals surface area contributed by atoms with Gasteiger partial charge in [-0.2, -0.15) is 11.3 Å². The lowest BCUT2D eigenvalue weighted by molar-refractivity contribution is -0.146. The molecular weight excluding hydrogens is 254 g/mol. The summed E-state index contributed by atoms with van der Waals surface area (Å²) in [5.41, 5.74) is 0.735. The predicted octanol–water partition coefficient (Wildman–Crippen LogP) is 1.76. The number of ether oxygens (including phenoxy) is 1. The summed E-state index contributed by atoms with van der Waals surface area (Å²) in [5.74, 6) is -1.22. The lowest BCUT2D eigenvalue weighted by Crippen LogP contribution is -2.32. The van der Waals surface area contributed by atoms with Gasteiger partial charge in [0.2, 0.25) is 0 Å². The molecule has 100 valence electrons. The zero-order valence-electron chi connectivity index (χ0n) is 10.5. The Morgan fingerprint density at radius 3 is 2.78 bits per heavy atom. The van der Waals surface area contributed by atoms with E-state index in [4.69, 9.17) is 4.74 Å². The fraction of sp³-hybridized carbons (Fsp3) is 0.500. The fourth-order valence-corrected chi connectivity index (χ4v) is 2.32. The Bertz CT molecular complexity index is 391. The van der Waals surface area contributed by atoms with Crippen LogP contribution in [0.1, 0.15) is 24.9 Å². The highest BCUT2D eigenvalue weighted by Gasteiger charge is 2.25. The number of hydrogen-bond donors (Lipinski definition) is 1. The van der Waals surface area contributed by atoms with E-state index in [1.165, 1.54) is 11.3 Å². The molecule has 1 atom stereocenters. The van der Waals surface area contributed by atoms with Crippen LogP contribution in [-0.2, 0) is 14.3 Å². The summed E-state index contributed by atoms with van der Waals surface area (Å²) in [4.78, 5) is 24.1. The molecule has 1 heterocycles. The number of nitrogens with zero attached hydrogens (tertiary/aromatic N) is 1. The van der Waals surface area contributed by atoms with Crippen LogP contribution in [0.2, 0.25) is 0 Å². The smallest absolute Gasteiger partial charge is 0.325 e. The molecule has 0 fully saturated rings. The summed E-state index contributed by atoms with van der Waals surface area (Å²) in [6, 6.07) is 1.07. The third-order valence-electron chi connectivity index (χ3n) is 2.51. The van der Waals surface area contributed by atoms with Crippen LogP contribution < -0.4 is 0 Å². The van der Waals surface area contributed by atoms with E-state index < -0.39 is 12.0 Å². The first-order chi connectivity index (χ1) is 8.56. The number of likely N-dealkylation sites (N-methyl/N-ethyl adjacent to an activating group) is 1. The van der Waals surface area contributed by atoms with E-state index in [1.54, 1.807) is 30.3 Å². The Labute approximate surface area is 110 Å². The molecule has 0 aliphatic heterocycles. The first kappa shape index (κ1) is 14.7. The zero-order chi connectivity index (χ0) is 13.5. The van der Waals surface area contributed by atoms with Crippen molar-refractivity contribution < 1.29 is 19.4 Å². The van der Waals surface area contributed by atoms with Crippen molar-refractivity contribution in [2.75, 3.05) is 20.2 Å². The SMILES string of the molecule is CCOC(=O)CCN(C)C(C(=O)O)c1ccsc1. The van der Waals surface area contributed by atoms with Crippen molar-refractivity contribution in [1.29, 1.82) is 0 Å². The van der Waals surface area contributed by atoms with Gasteiger partial charge in [-0.05, 0) is 36.4 Å². The van der Waals surface area contributed by atoms with E-state index in [2.05, 4.69) is 0 Å². The van der Waals surface area contributed by atoms with E-state index in [0.717, 1.165) is 5.56 Å². The van der Waals surface area contributed by atoms with Gasteiger partial charge in [0.1, 0.15) is 6.04 Å². The van der Waals surface area contributed by atoms with Crippen LogP contribution in [0.3, 0.4) is 0 Å². The highest BCUT2D eigenvalue weighted by atomic mass is 32.1. The number of thiophene rings is 1. The molecule has 5 nitrogen and oxygen atoms in total. The molecule has 1 aromatic heterocycles. The minimum atomic E-state index is -0.917. The second kappa shape index (κ2) is 7.13. The average molecular weight is 271 g/mol. The van der Waals surface area contributed by atoms with Gasteiger partial charge < -0.3 is 9.84 Å². The van der Waals surface area contributed by atoms with Crippen molar-refractivity contribution in [3.8, 4) is 0 Å². The van der Waals surface area contributed by atoms with Crippen molar-refractivity contribution in [3.05, 3.63) is 22.4 Å². The van der Waals surface area contributed by atoms with Gasteiger partial charge in [0.15, 0.2) is 0 Å². The molecule has 18 heavy (non-hydrogen) atoms. The molecule has 0 saturated carbocycles. The molecule has 6 heteroatoms. The van der Waals surface area contributed by atoms with E-state index in [9.17, 15) is 14.7 Å². The van der Waals surface area contributed by atoms with Crippen LogP contribution in [0.15, 0.2) is 16.8 Å². The van der Waals surface area contributed by atoms with Crippen LogP contribution in [-0.4, -0.2) is 42.1 Å². The van der Waals surface area contributed by atoms with Gasteiger partial charge in [-0.1, -0.05) is 0 Å². The van der Waals surface area contributed by atoms with Crippen molar-refractivity contribution in [1.82, 2.24) is 4.90 Å². The third kappa shape index (κ3) is 4.12. The largest absolute Gasteiger partial charge is 0.480 e. The molecule has 1 aromatic rings. The standard InChI is InChI=1S/C12H17NO4S/c1-3-17-10(14)4-6-13(2)11(12(15)16)9-5-7-18-8-9/h5,7-8,11H,3-4,6H2,1-2H3,(H,15,16). The van der Waals surface area contributed by atoms with Crippen LogP contribution in [0.5, 0.6) is 0 Å². The first-order valence-electron chi connectivity index (χ1n) is 5.67. The molecule has 0 aromatic carbocycles. The minimum Gasteiger partial charge on any atom is -0.480 e. The van der Waals surface area contributed by atoms with Crippen molar-refractivity contribution in [3.63, 3.8) is 0 Å². The number of esters is 1. The van der Waals surface area contributed by atoms with E-state index in [0.29, 0.717) is 13.2 Å². The van der Waals surface area contributed by atoms with Gasteiger partial charge in [0, 0.05) is 6.54 Å². The molecule has 0 aliphatic rings. The van der Waals surface area contributed by atoms with Crippen molar-refractivity contribution in [2.24, 2.45) is 0 Å². The molecule has 0 aliphatic carbocycles. The second-order valence-electron chi connectivity index (χ2n) is 3.83. The maximum Gasteiger partial charge on any atom is 0.325 e. The molecular formula is C12H17NO4S. The predicted molar refractivity (Wildman–Crippen MR) is 68.6 cm³/mol. The molecule has 1 N–H and O–H groups in total. The van der Waals surface area contributed by atoms with Gasteiger partial charge in [-0.25, -0.2) is 0 Å². The Morgan fingerprint density at radius 1 is 1.56 bits per heavy atom. The van der Waals surface area contributed by atoms with Crippen LogP contribution in [0.25, 0.3) is 0 Å². The molecule has 0 radical (unpaired) electrons. The maximum atomic E-state index is 11.3. The summed E-state index contributed by atoms with van der Waals surface area (Å²) < 4.78 is 4.81. The lowest BCUT2D eigenvalue weighted by atomic mass is 10.1. The number of carboxylic acids is 1. The monoisotopic (exact) mass is 271 g/mol. The fourth-order valence-electron chi connectivity index (χ4n) is 1.65. The number of carbonyl (C=O) groups is 2. The molecule has 0 amide bonds. The average Bonchev–Trinajstić information content (AvgIpc) is 2.80. The minimum absolute atomic E-state index is 0.193. The Kier molecular flexibility index (Phi) is 5.80. The zero-order valence-corrected chi connectivity index (χ0v) is 11.3. The summed E-state index contributed by atoms with van der Waals surface area (Å²) in [7, 11) is 1.69. The van der Waals surface area contributed by atoms with E-state index >= 15 is 0 Å². The van der Waals surface area contributed by atoms with Gasteiger partial charge in [0.25, 0.3) is 0 Å². The van der Waals surface area contributed by atoms with Gasteiger partial charge in [0.05, 0.1) is 13.0 Å². The highest BCUT2D eigenvalue weighted by Crippen LogP contribution is 2.22. The van der Waals surface area contributed by atoms with Gasteiger partial charge in [-0.15, -0.1) is 0 Å². The maximum absolute atomic E-state index is 11.3. The molecule has 0 bridgehead atoms. The Balaban J connectivity index is 2.59. The van der Waals surface area contributed by atoms with Crippen LogP contribution >= 0.6 is 11.3 Å².